The zero-order chi connectivity index (χ0) is 12.3. The minimum atomic E-state index is -0.407. The first-order valence-corrected chi connectivity index (χ1v) is 5.67. The van der Waals surface area contributed by atoms with Gasteiger partial charge in [-0.15, -0.1) is 0 Å². The molecule has 0 saturated carbocycles. The van der Waals surface area contributed by atoms with Gasteiger partial charge in [-0.3, -0.25) is 0 Å². The van der Waals surface area contributed by atoms with E-state index in [9.17, 15) is 4.39 Å². The summed E-state index contributed by atoms with van der Waals surface area (Å²) in [7, 11) is 0. The predicted molar refractivity (Wildman–Crippen MR) is 64.3 cm³/mol. The summed E-state index contributed by atoms with van der Waals surface area (Å²) in [6.07, 6.45) is 1.54. The molecule has 1 aromatic heterocycles. The van der Waals surface area contributed by atoms with Crippen LogP contribution in [0.3, 0.4) is 0 Å². The Bertz CT molecular complexity index is 513. The minimum absolute atomic E-state index is 0.181. The summed E-state index contributed by atoms with van der Waals surface area (Å²) in [5.41, 5.74) is 0.549. The number of aliphatic hydroxyl groups is 1. The second kappa shape index (κ2) is 5.25. The van der Waals surface area contributed by atoms with Gasteiger partial charge in [0.1, 0.15) is 11.6 Å². The number of nitrogens with zero attached hydrogens (tertiary/aromatic N) is 1. The fourth-order valence-electron chi connectivity index (χ4n) is 1.34. The van der Waals surface area contributed by atoms with E-state index >= 15 is 0 Å². The Morgan fingerprint density at radius 1 is 1.35 bits per heavy atom. The molecule has 88 valence electrons. The molecule has 2 rings (SSSR count). The van der Waals surface area contributed by atoms with E-state index in [1.165, 1.54) is 12.1 Å². The zero-order valence-corrected chi connectivity index (χ0v) is 10.3. The van der Waals surface area contributed by atoms with Crippen molar-refractivity contribution in [2.24, 2.45) is 0 Å². The van der Waals surface area contributed by atoms with Gasteiger partial charge in [-0.05, 0) is 24.3 Å². The molecule has 2 aromatic rings. The molecule has 0 atom stereocenters. The average Bonchev–Trinajstić information content (AvgIpc) is 2.28. The van der Waals surface area contributed by atoms with E-state index in [4.69, 9.17) is 9.84 Å². The molecule has 0 amide bonds. The molecular weight excluding hydrogens is 289 g/mol. The predicted octanol–water partition coefficient (Wildman–Crippen LogP) is 3.27. The van der Waals surface area contributed by atoms with Gasteiger partial charge in [-0.25, -0.2) is 9.37 Å². The third kappa shape index (κ3) is 3.01. The summed E-state index contributed by atoms with van der Waals surface area (Å²) < 4.78 is 19.1. The molecule has 1 heterocycles. The molecule has 0 unspecified atom stereocenters. The fraction of sp³-hybridized carbons (Fsp3) is 0.0833. The molecule has 0 aliphatic heterocycles. The third-order valence-electron chi connectivity index (χ3n) is 2.07. The summed E-state index contributed by atoms with van der Waals surface area (Å²) in [5, 5.41) is 9.10. The number of benzene rings is 1. The first kappa shape index (κ1) is 12.0. The number of hydrogen-bond acceptors (Lipinski definition) is 3. The minimum Gasteiger partial charge on any atom is -0.439 e. The number of aromatic nitrogens is 1. The van der Waals surface area contributed by atoms with Crippen LogP contribution in [0, 0.1) is 5.82 Å². The van der Waals surface area contributed by atoms with Crippen molar-refractivity contribution in [2.45, 2.75) is 6.61 Å². The van der Waals surface area contributed by atoms with Gasteiger partial charge in [0.05, 0.1) is 6.61 Å². The molecule has 0 radical (unpaired) electrons. The van der Waals surface area contributed by atoms with Gasteiger partial charge in [0.2, 0.25) is 5.88 Å². The fourth-order valence-corrected chi connectivity index (χ4v) is 1.78. The summed E-state index contributed by atoms with van der Waals surface area (Å²) >= 11 is 3.17. The second-order valence-corrected chi connectivity index (χ2v) is 4.25. The van der Waals surface area contributed by atoms with Crippen molar-refractivity contribution in [3.05, 3.63) is 52.4 Å². The summed E-state index contributed by atoms with van der Waals surface area (Å²) in [6, 6.07) is 7.59. The Morgan fingerprint density at radius 3 is 2.88 bits per heavy atom. The van der Waals surface area contributed by atoms with Crippen molar-refractivity contribution in [3.8, 4) is 11.6 Å². The van der Waals surface area contributed by atoms with E-state index in [-0.39, 0.29) is 12.5 Å². The third-order valence-corrected chi connectivity index (χ3v) is 2.53. The summed E-state index contributed by atoms with van der Waals surface area (Å²) in [5.74, 6) is 0.189. The number of hydrogen-bond donors (Lipinski definition) is 1. The maximum Gasteiger partial charge on any atom is 0.224 e. The molecule has 0 bridgehead atoms. The molecule has 0 fully saturated rings. The first-order chi connectivity index (χ1) is 8.19. The number of ether oxygens (including phenoxy) is 1. The summed E-state index contributed by atoms with van der Waals surface area (Å²) in [6.45, 7) is -0.181. The number of halogens is 2. The zero-order valence-electron chi connectivity index (χ0n) is 8.73. The Hall–Kier alpha value is -1.46. The highest BCUT2D eigenvalue weighted by Gasteiger charge is 2.06. The van der Waals surface area contributed by atoms with Gasteiger partial charge in [0.25, 0.3) is 0 Å². The molecule has 1 N–H and O–H groups in total. The van der Waals surface area contributed by atoms with Crippen molar-refractivity contribution in [3.63, 3.8) is 0 Å². The molecule has 1 aromatic carbocycles. The van der Waals surface area contributed by atoms with Crippen LogP contribution >= 0.6 is 15.9 Å². The monoisotopic (exact) mass is 297 g/mol. The second-order valence-electron chi connectivity index (χ2n) is 3.33. The van der Waals surface area contributed by atoms with Gasteiger partial charge >= 0.3 is 0 Å². The van der Waals surface area contributed by atoms with E-state index in [0.29, 0.717) is 15.8 Å². The smallest absolute Gasteiger partial charge is 0.224 e. The molecule has 0 aliphatic rings. The quantitative estimate of drug-likeness (QED) is 0.945. The number of aliphatic hydroxyl groups excluding tert-OH is 1. The first-order valence-electron chi connectivity index (χ1n) is 4.88. The van der Waals surface area contributed by atoms with Crippen LogP contribution in [0.4, 0.5) is 4.39 Å². The van der Waals surface area contributed by atoms with Crippen molar-refractivity contribution in [1.29, 1.82) is 0 Å². The SMILES string of the molecule is OCc1cccnc1Oc1cc(F)cc(Br)c1. The van der Waals surface area contributed by atoms with Crippen molar-refractivity contribution >= 4 is 15.9 Å². The van der Waals surface area contributed by atoms with Gasteiger partial charge in [0.15, 0.2) is 0 Å². The van der Waals surface area contributed by atoms with Crippen LogP contribution in [0.1, 0.15) is 5.56 Å². The van der Waals surface area contributed by atoms with E-state index in [2.05, 4.69) is 20.9 Å². The van der Waals surface area contributed by atoms with Gasteiger partial charge < -0.3 is 9.84 Å². The number of rotatable bonds is 3. The Kier molecular flexibility index (Phi) is 3.71. The van der Waals surface area contributed by atoms with Crippen LogP contribution in [0.15, 0.2) is 41.0 Å². The molecule has 5 heteroatoms. The topological polar surface area (TPSA) is 42.4 Å². The van der Waals surface area contributed by atoms with E-state index in [0.717, 1.165) is 0 Å². The summed E-state index contributed by atoms with van der Waals surface area (Å²) in [4.78, 5) is 3.98. The molecule has 0 spiro atoms. The van der Waals surface area contributed by atoms with Crippen LogP contribution in [0.5, 0.6) is 11.6 Å². The van der Waals surface area contributed by atoms with Crippen LogP contribution in [-0.4, -0.2) is 10.1 Å². The highest BCUT2D eigenvalue weighted by molar-refractivity contribution is 9.10. The van der Waals surface area contributed by atoms with Crippen LogP contribution in [-0.2, 0) is 6.61 Å². The van der Waals surface area contributed by atoms with Crippen LogP contribution in [0.25, 0.3) is 0 Å². The Morgan fingerprint density at radius 2 is 2.18 bits per heavy atom. The highest BCUT2D eigenvalue weighted by atomic mass is 79.9. The lowest BCUT2D eigenvalue weighted by Gasteiger charge is -2.08. The lowest BCUT2D eigenvalue weighted by molar-refractivity contribution is 0.275. The van der Waals surface area contributed by atoms with E-state index < -0.39 is 5.82 Å². The normalized spacial score (nSPS) is 10.3. The van der Waals surface area contributed by atoms with Crippen molar-refractivity contribution in [2.75, 3.05) is 0 Å². The maximum absolute atomic E-state index is 13.1. The lowest BCUT2D eigenvalue weighted by atomic mass is 10.3. The molecular formula is C12H9BrFNO2. The van der Waals surface area contributed by atoms with Crippen molar-refractivity contribution in [1.82, 2.24) is 4.98 Å². The largest absolute Gasteiger partial charge is 0.439 e. The van der Waals surface area contributed by atoms with Gasteiger partial charge in [0, 0.05) is 22.3 Å². The Labute approximate surface area is 106 Å². The molecule has 0 saturated heterocycles. The van der Waals surface area contributed by atoms with E-state index in [1.807, 2.05) is 0 Å². The van der Waals surface area contributed by atoms with Gasteiger partial charge in [-0.1, -0.05) is 15.9 Å². The average molecular weight is 298 g/mol. The standard InChI is InChI=1S/C12H9BrFNO2/c13-9-4-10(14)6-11(5-9)17-12-8(7-16)2-1-3-15-12/h1-6,16H,7H2. The Balaban J connectivity index is 2.31. The maximum atomic E-state index is 13.1. The van der Waals surface area contributed by atoms with E-state index in [1.54, 1.807) is 24.4 Å². The molecule has 3 nitrogen and oxygen atoms in total. The highest BCUT2D eigenvalue weighted by Crippen LogP contribution is 2.26. The van der Waals surface area contributed by atoms with Crippen molar-refractivity contribution < 1.29 is 14.2 Å². The molecule has 17 heavy (non-hydrogen) atoms. The number of pyridine rings is 1. The molecule has 0 aliphatic carbocycles. The van der Waals surface area contributed by atoms with Crippen LogP contribution < -0.4 is 4.74 Å². The van der Waals surface area contributed by atoms with Crippen LogP contribution in [0.2, 0.25) is 0 Å². The van der Waals surface area contributed by atoms with Gasteiger partial charge in [-0.2, -0.15) is 0 Å². The lowest BCUT2D eigenvalue weighted by Crippen LogP contribution is -1.94.